The lowest BCUT2D eigenvalue weighted by Crippen LogP contribution is -2.43. The van der Waals surface area contributed by atoms with Crippen LogP contribution in [0.2, 0.25) is 0 Å². The molecule has 374 valence electrons. The summed E-state index contributed by atoms with van der Waals surface area (Å²) in [5.41, 5.74) is 20.2. The fourth-order valence-electron chi connectivity index (χ4n) is 5.89. The molecule has 0 radical (unpaired) electrons. The molecule has 9 N–H and O–H groups in total. The van der Waals surface area contributed by atoms with Crippen molar-refractivity contribution in [2.45, 2.75) is 126 Å². The largest absolute Gasteiger partial charge is 0.443 e. The SMILES string of the molecule is CCO/N=C(\N)c1ccc(CN(C(=O)OC(C)(C)C)C(=O)OC(C)(C)C)cc1.CCO/N=C(\N)c1ccc(CNC(=O)Cn2c(-c3cc(N)cc(C(=O)NC(C)C)c3)cnc(NC(C)C)c2=O)cc1. The van der Waals surface area contributed by atoms with Crippen LogP contribution in [0.1, 0.15) is 116 Å². The molecule has 4 rings (SSSR count). The first-order valence-electron chi connectivity index (χ1n) is 22.5. The van der Waals surface area contributed by atoms with Crippen LogP contribution in [0, 0.1) is 0 Å². The molecule has 20 nitrogen and oxygen atoms in total. The van der Waals surface area contributed by atoms with Crippen LogP contribution in [-0.2, 0) is 43.6 Å². The molecule has 4 aromatic rings. The van der Waals surface area contributed by atoms with Gasteiger partial charge in [0.2, 0.25) is 5.91 Å². The molecule has 0 bridgehead atoms. The molecular formula is C49H69N11O9. The predicted molar refractivity (Wildman–Crippen MR) is 267 cm³/mol. The van der Waals surface area contributed by atoms with E-state index in [2.05, 4.69) is 31.2 Å². The number of ether oxygens (including phenoxy) is 2. The van der Waals surface area contributed by atoms with Gasteiger partial charge in [0.1, 0.15) is 31.0 Å². The molecule has 3 aromatic carbocycles. The Kier molecular flexibility index (Phi) is 20.6. The zero-order valence-electron chi connectivity index (χ0n) is 41.8. The highest BCUT2D eigenvalue weighted by Gasteiger charge is 2.31. The Morgan fingerprint density at radius 1 is 0.739 bits per heavy atom. The third kappa shape index (κ3) is 18.9. The fourth-order valence-corrected chi connectivity index (χ4v) is 5.89. The number of imide groups is 1. The number of rotatable bonds is 17. The molecule has 69 heavy (non-hydrogen) atoms. The van der Waals surface area contributed by atoms with E-state index in [1.165, 1.54) is 10.8 Å². The van der Waals surface area contributed by atoms with E-state index >= 15 is 0 Å². The third-order valence-corrected chi connectivity index (χ3v) is 8.86. The summed E-state index contributed by atoms with van der Waals surface area (Å²) >= 11 is 0. The second-order valence-corrected chi connectivity index (χ2v) is 18.2. The molecule has 1 aromatic heterocycles. The molecule has 0 saturated carbocycles. The first kappa shape index (κ1) is 55.7. The molecule has 1 heterocycles. The van der Waals surface area contributed by atoms with Gasteiger partial charge in [0.05, 0.1) is 18.4 Å². The summed E-state index contributed by atoms with van der Waals surface area (Å²) in [5.74, 6) is -0.0877. The van der Waals surface area contributed by atoms with Crippen LogP contribution in [-0.4, -0.2) is 86.6 Å². The molecule has 0 aliphatic carbocycles. The van der Waals surface area contributed by atoms with E-state index in [9.17, 15) is 24.0 Å². The number of benzene rings is 3. The number of nitrogen functional groups attached to an aromatic ring is 1. The van der Waals surface area contributed by atoms with Crippen LogP contribution in [0.15, 0.2) is 88.0 Å². The van der Waals surface area contributed by atoms with Gasteiger partial charge < -0.3 is 52.3 Å². The maximum atomic E-state index is 13.4. The number of hydrogen-bond acceptors (Lipinski definition) is 14. The summed E-state index contributed by atoms with van der Waals surface area (Å²) in [7, 11) is 0. The second kappa shape index (κ2) is 25.5. The van der Waals surface area contributed by atoms with Crippen molar-refractivity contribution in [3.8, 4) is 11.3 Å². The predicted octanol–water partition coefficient (Wildman–Crippen LogP) is 6.44. The molecule has 20 heteroatoms. The Bertz CT molecular complexity index is 2460. The molecule has 0 atom stereocenters. The van der Waals surface area contributed by atoms with Gasteiger partial charge in [-0.2, -0.15) is 0 Å². The quantitative estimate of drug-likeness (QED) is 0.0288. The zero-order chi connectivity index (χ0) is 51.6. The van der Waals surface area contributed by atoms with E-state index in [1.807, 2.05) is 53.7 Å². The van der Waals surface area contributed by atoms with Gasteiger partial charge in [-0.1, -0.05) is 58.8 Å². The first-order valence-corrected chi connectivity index (χ1v) is 22.5. The maximum Gasteiger partial charge on any atom is 0.420 e. The smallest absolute Gasteiger partial charge is 0.420 e. The summed E-state index contributed by atoms with van der Waals surface area (Å²) in [6, 6.07) is 18.8. The van der Waals surface area contributed by atoms with Crippen molar-refractivity contribution in [2.75, 3.05) is 24.3 Å². The van der Waals surface area contributed by atoms with Crippen LogP contribution < -0.4 is 38.7 Å². The van der Waals surface area contributed by atoms with Crippen molar-refractivity contribution in [3.05, 3.63) is 111 Å². The summed E-state index contributed by atoms with van der Waals surface area (Å²) in [4.78, 5) is 79.4. The van der Waals surface area contributed by atoms with E-state index in [0.29, 0.717) is 52.4 Å². The van der Waals surface area contributed by atoms with Gasteiger partial charge in [-0.15, -0.1) is 0 Å². The number of nitrogens with zero attached hydrogens (tertiary/aromatic N) is 5. The molecule has 0 aliphatic rings. The molecule has 0 fully saturated rings. The van der Waals surface area contributed by atoms with E-state index in [0.717, 1.165) is 10.5 Å². The number of anilines is 2. The Balaban J connectivity index is 0.000000394. The van der Waals surface area contributed by atoms with Crippen molar-refractivity contribution in [2.24, 2.45) is 21.8 Å². The van der Waals surface area contributed by atoms with Gasteiger partial charge >= 0.3 is 12.2 Å². The standard InChI is InChI=1S/C29H38N8O4.C20H31N3O5/c1-6-41-36-26(31)20-9-7-19(8-10-20)14-32-25(38)16-37-24(15-33-27(29(37)40)34-17(2)3)21-11-22(13-23(30)12-21)28(39)35-18(4)5;1-8-26-22-16(21)15-11-9-14(10-12-15)13-23(17(24)27-19(2,3)4)18(25)28-20(5,6)7/h7-13,15,17-18H,6,14,16,30H2,1-5H3,(H2,31,36)(H,32,38)(H,33,34)(H,35,39);9-12H,8,13H2,1-7H3,(H2,21,22). The Morgan fingerprint density at radius 3 is 1.71 bits per heavy atom. The number of carbonyl (C=O) groups is 4. The average Bonchev–Trinajstić information content (AvgIpc) is 3.26. The monoisotopic (exact) mass is 956 g/mol. The fraction of sp³-hybridized carbons (Fsp3) is 0.429. The number of carbonyl (C=O) groups excluding carboxylic acids is 4. The Morgan fingerprint density at radius 2 is 1.25 bits per heavy atom. The van der Waals surface area contributed by atoms with Crippen LogP contribution >= 0.6 is 0 Å². The summed E-state index contributed by atoms with van der Waals surface area (Å²) in [6.45, 7) is 22.2. The highest BCUT2D eigenvalue weighted by molar-refractivity contribution is 5.98. The first-order chi connectivity index (χ1) is 32.3. The van der Waals surface area contributed by atoms with Gasteiger partial charge in [-0.05, 0) is 112 Å². The van der Waals surface area contributed by atoms with Gasteiger partial charge in [0.25, 0.3) is 11.5 Å². The third-order valence-electron chi connectivity index (χ3n) is 8.86. The van der Waals surface area contributed by atoms with E-state index < -0.39 is 34.9 Å². The highest BCUT2D eigenvalue weighted by atomic mass is 16.6. The normalized spacial score (nSPS) is 11.8. The number of nitrogens with two attached hydrogens (primary N) is 3. The van der Waals surface area contributed by atoms with Gasteiger partial charge in [0, 0.05) is 46.6 Å². The van der Waals surface area contributed by atoms with Crippen molar-refractivity contribution >= 4 is 47.2 Å². The molecule has 4 amide bonds. The lowest BCUT2D eigenvalue weighted by Gasteiger charge is -2.28. The second-order valence-electron chi connectivity index (χ2n) is 18.2. The van der Waals surface area contributed by atoms with E-state index in [1.54, 1.807) is 96.1 Å². The zero-order valence-corrected chi connectivity index (χ0v) is 41.8. The van der Waals surface area contributed by atoms with E-state index in [-0.39, 0.29) is 55.1 Å². The number of oxime groups is 2. The molecule has 0 spiro atoms. The number of aromatic nitrogens is 2. The number of hydrogen-bond donors (Lipinski definition) is 6. The minimum atomic E-state index is -0.775. The Labute approximate surface area is 404 Å². The minimum Gasteiger partial charge on any atom is -0.443 e. The van der Waals surface area contributed by atoms with Crippen LogP contribution in [0.5, 0.6) is 0 Å². The lowest BCUT2D eigenvalue weighted by molar-refractivity contribution is -0.121. The number of amidine groups is 2. The molecule has 0 unspecified atom stereocenters. The summed E-state index contributed by atoms with van der Waals surface area (Å²) < 4.78 is 12.0. The van der Waals surface area contributed by atoms with Gasteiger partial charge in [0.15, 0.2) is 17.5 Å². The summed E-state index contributed by atoms with van der Waals surface area (Å²) in [5, 5.41) is 16.3. The minimum absolute atomic E-state index is 0.00733. The van der Waals surface area contributed by atoms with Crippen molar-refractivity contribution in [1.82, 2.24) is 25.1 Å². The lowest BCUT2D eigenvalue weighted by atomic mass is 10.1. The number of amides is 4. The van der Waals surface area contributed by atoms with Crippen LogP contribution in [0.25, 0.3) is 11.3 Å². The van der Waals surface area contributed by atoms with E-state index in [4.69, 9.17) is 36.3 Å². The van der Waals surface area contributed by atoms with Crippen LogP contribution in [0.4, 0.5) is 21.1 Å². The molecule has 0 saturated heterocycles. The highest BCUT2D eigenvalue weighted by Crippen LogP contribution is 2.24. The topological polar surface area (TPSA) is 282 Å². The van der Waals surface area contributed by atoms with Crippen LogP contribution in [0.3, 0.4) is 0 Å². The molecule has 0 aliphatic heterocycles. The maximum absolute atomic E-state index is 13.4. The van der Waals surface area contributed by atoms with Gasteiger partial charge in [-0.25, -0.2) is 19.5 Å². The molecular weight excluding hydrogens is 887 g/mol. The number of nitrogens with one attached hydrogen (secondary N) is 3. The summed E-state index contributed by atoms with van der Waals surface area (Å²) in [6.07, 6.45) is -0.0582. The van der Waals surface area contributed by atoms with Crippen molar-refractivity contribution in [1.29, 1.82) is 0 Å². The van der Waals surface area contributed by atoms with Crippen molar-refractivity contribution < 1.29 is 38.3 Å². The van der Waals surface area contributed by atoms with Gasteiger partial charge in [-0.3, -0.25) is 19.0 Å². The van der Waals surface area contributed by atoms with Crippen molar-refractivity contribution in [3.63, 3.8) is 0 Å². The Hall–Kier alpha value is -7.64. The average molecular weight is 956 g/mol.